The normalized spacial score (nSPS) is 18.3. The minimum atomic E-state index is -4.05. The highest BCUT2D eigenvalue weighted by Crippen LogP contribution is 2.37. The average molecular weight is 446 g/mol. The molecule has 0 bridgehead atoms. The zero-order chi connectivity index (χ0) is 20.9. The first kappa shape index (κ1) is 21.4. The highest BCUT2D eigenvalue weighted by Gasteiger charge is 2.52. The second-order valence-electron chi connectivity index (χ2n) is 7.48. The fraction of sp³-hybridized carbons (Fsp3) is 0.333. The topological polar surface area (TPSA) is 64.6 Å². The molecule has 28 heavy (non-hydrogen) atoms. The molecule has 1 N–H and O–H groups in total. The molecule has 1 saturated heterocycles. The van der Waals surface area contributed by atoms with E-state index in [9.17, 15) is 12.8 Å². The third-order valence-corrected chi connectivity index (χ3v) is 7.32. The van der Waals surface area contributed by atoms with Gasteiger partial charge in [0, 0.05) is 5.46 Å². The van der Waals surface area contributed by atoms with E-state index in [-0.39, 0.29) is 26.1 Å². The van der Waals surface area contributed by atoms with Gasteiger partial charge in [0.25, 0.3) is 10.0 Å². The molecule has 150 valence electrons. The van der Waals surface area contributed by atoms with Crippen molar-refractivity contribution < 1.29 is 22.1 Å². The van der Waals surface area contributed by atoms with Gasteiger partial charge >= 0.3 is 7.12 Å². The number of hydrogen-bond donors (Lipinski definition) is 1. The van der Waals surface area contributed by atoms with Gasteiger partial charge in [0.1, 0.15) is 10.7 Å². The summed E-state index contributed by atoms with van der Waals surface area (Å²) in [6, 6.07) is 8.17. The van der Waals surface area contributed by atoms with Gasteiger partial charge in [-0.3, -0.25) is 4.72 Å². The number of nitrogens with one attached hydrogen (secondary N) is 1. The predicted molar refractivity (Wildman–Crippen MR) is 109 cm³/mol. The lowest BCUT2D eigenvalue weighted by Crippen LogP contribution is -2.41. The highest BCUT2D eigenvalue weighted by molar-refractivity contribution is 7.92. The molecule has 0 amide bonds. The first-order valence-electron chi connectivity index (χ1n) is 8.46. The van der Waals surface area contributed by atoms with E-state index in [0.717, 1.165) is 6.07 Å². The first-order chi connectivity index (χ1) is 12.8. The van der Waals surface area contributed by atoms with Crippen LogP contribution in [0, 0.1) is 5.82 Å². The summed E-state index contributed by atoms with van der Waals surface area (Å²) in [5.41, 5.74) is -1.02. The van der Waals surface area contributed by atoms with E-state index in [1.54, 1.807) is 0 Å². The summed E-state index contributed by atoms with van der Waals surface area (Å²) in [6.07, 6.45) is 0. The Hall–Kier alpha value is -1.32. The zero-order valence-corrected chi connectivity index (χ0v) is 18.0. The van der Waals surface area contributed by atoms with Crippen LogP contribution in [0.4, 0.5) is 10.1 Å². The molecule has 0 aromatic heterocycles. The average Bonchev–Trinajstić information content (AvgIpc) is 2.77. The molecule has 1 aliphatic rings. The summed E-state index contributed by atoms with van der Waals surface area (Å²) in [5.74, 6) is -0.657. The minimum Gasteiger partial charge on any atom is -0.399 e. The third kappa shape index (κ3) is 3.89. The molecular weight excluding hydrogens is 427 g/mol. The second kappa shape index (κ2) is 7.18. The van der Waals surface area contributed by atoms with Gasteiger partial charge in [-0.2, -0.15) is 0 Å². The molecular formula is C18H19BCl2FNO4S. The van der Waals surface area contributed by atoms with Gasteiger partial charge in [0.2, 0.25) is 0 Å². The van der Waals surface area contributed by atoms with Crippen molar-refractivity contribution in [3.05, 3.63) is 52.3 Å². The summed E-state index contributed by atoms with van der Waals surface area (Å²) in [5, 5.41) is -0.00203. The Bertz CT molecular complexity index is 1010. The van der Waals surface area contributed by atoms with E-state index < -0.39 is 34.2 Å². The van der Waals surface area contributed by atoms with Gasteiger partial charge in [-0.05, 0) is 52.0 Å². The Balaban J connectivity index is 1.87. The number of rotatable bonds is 4. The first-order valence-corrected chi connectivity index (χ1v) is 10.7. The molecule has 5 nitrogen and oxygen atoms in total. The van der Waals surface area contributed by atoms with Crippen LogP contribution in [0.25, 0.3) is 0 Å². The van der Waals surface area contributed by atoms with Crippen molar-refractivity contribution in [1.29, 1.82) is 0 Å². The Morgan fingerprint density at radius 1 is 1.04 bits per heavy atom. The van der Waals surface area contributed by atoms with Crippen molar-refractivity contribution in [3.8, 4) is 0 Å². The van der Waals surface area contributed by atoms with E-state index in [1.807, 2.05) is 27.7 Å². The Kier molecular flexibility index (Phi) is 5.49. The molecule has 1 heterocycles. The van der Waals surface area contributed by atoms with Crippen LogP contribution in [-0.2, 0) is 19.3 Å². The minimum absolute atomic E-state index is 0.0359. The maximum Gasteiger partial charge on any atom is 0.497 e. The monoisotopic (exact) mass is 445 g/mol. The summed E-state index contributed by atoms with van der Waals surface area (Å²) in [6.45, 7) is 7.45. The quantitative estimate of drug-likeness (QED) is 0.715. The van der Waals surface area contributed by atoms with Crippen molar-refractivity contribution in [3.63, 3.8) is 0 Å². The van der Waals surface area contributed by atoms with E-state index in [2.05, 4.69) is 4.72 Å². The van der Waals surface area contributed by atoms with Gasteiger partial charge in [-0.15, -0.1) is 0 Å². The van der Waals surface area contributed by atoms with E-state index in [4.69, 9.17) is 32.5 Å². The van der Waals surface area contributed by atoms with Crippen molar-refractivity contribution in [2.75, 3.05) is 4.72 Å². The van der Waals surface area contributed by atoms with Crippen molar-refractivity contribution in [1.82, 2.24) is 0 Å². The van der Waals surface area contributed by atoms with Gasteiger partial charge in [0.05, 0.1) is 26.9 Å². The fourth-order valence-corrected chi connectivity index (χ4v) is 4.47. The number of halogens is 3. The van der Waals surface area contributed by atoms with Crippen LogP contribution in [0.3, 0.4) is 0 Å². The van der Waals surface area contributed by atoms with Gasteiger partial charge < -0.3 is 9.31 Å². The van der Waals surface area contributed by atoms with Gasteiger partial charge in [-0.25, -0.2) is 12.8 Å². The summed E-state index contributed by atoms with van der Waals surface area (Å²) in [7, 11) is -4.94. The number of hydrogen-bond acceptors (Lipinski definition) is 4. The van der Waals surface area contributed by atoms with Crippen LogP contribution in [0.2, 0.25) is 10.0 Å². The van der Waals surface area contributed by atoms with Crippen LogP contribution >= 0.6 is 23.2 Å². The van der Waals surface area contributed by atoms with Crippen LogP contribution < -0.4 is 10.2 Å². The standard InChI is InChI=1S/C18H19BCl2FNO4S/c1-17(2)18(3,4)27-19(26-17)12-9-8-11(10-14(12)22)23-28(24,25)15-7-5-6-13(20)16(15)21/h5-10,23H,1-4H3. The van der Waals surface area contributed by atoms with Crippen LogP contribution in [-0.4, -0.2) is 26.7 Å². The molecule has 10 heteroatoms. The lowest BCUT2D eigenvalue weighted by atomic mass is 9.78. The lowest BCUT2D eigenvalue weighted by Gasteiger charge is -2.32. The molecule has 0 saturated carbocycles. The van der Waals surface area contributed by atoms with Gasteiger partial charge in [-0.1, -0.05) is 35.3 Å². The molecule has 2 aromatic rings. The molecule has 0 aliphatic carbocycles. The van der Waals surface area contributed by atoms with E-state index in [1.165, 1.54) is 30.3 Å². The molecule has 1 aliphatic heterocycles. The Morgan fingerprint density at radius 2 is 1.64 bits per heavy atom. The van der Waals surface area contributed by atoms with Crippen LogP contribution in [0.5, 0.6) is 0 Å². The molecule has 0 atom stereocenters. The van der Waals surface area contributed by atoms with Crippen LogP contribution in [0.15, 0.2) is 41.3 Å². The zero-order valence-electron chi connectivity index (χ0n) is 15.7. The number of benzene rings is 2. The van der Waals surface area contributed by atoms with Gasteiger partial charge in [0.15, 0.2) is 0 Å². The second-order valence-corrected chi connectivity index (χ2v) is 9.92. The maximum atomic E-state index is 14.7. The molecule has 3 rings (SSSR count). The van der Waals surface area contributed by atoms with Crippen LogP contribution in [0.1, 0.15) is 27.7 Å². The van der Waals surface area contributed by atoms with Crippen molar-refractivity contribution in [2.24, 2.45) is 0 Å². The smallest absolute Gasteiger partial charge is 0.399 e. The summed E-state index contributed by atoms with van der Waals surface area (Å²) >= 11 is 11.9. The predicted octanol–water partition coefficient (Wildman–Crippen LogP) is 4.23. The fourth-order valence-electron chi connectivity index (χ4n) is 2.65. The largest absolute Gasteiger partial charge is 0.497 e. The molecule has 2 aromatic carbocycles. The Labute approximate surface area is 174 Å². The Morgan fingerprint density at radius 3 is 2.21 bits per heavy atom. The molecule has 0 radical (unpaired) electrons. The number of anilines is 1. The van der Waals surface area contributed by atoms with E-state index in [0.29, 0.717) is 0 Å². The maximum absolute atomic E-state index is 14.7. The van der Waals surface area contributed by atoms with Crippen molar-refractivity contribution in [2.45, 2.75) is 43.8 Å². The molecule has 0 spiro atoms. The summed E-state index contributed by atoms with van der Waals surface area (Å²) in [4.78, 5) is -0.197. The highest BCUT2D eigenvalue weighted by atomic mass is 35.5. The lowest BCUT2D eigenvalue weighted by molar-refractivity contribution is 0.00578. The van der Waals surface area contributed by atoms with Crippen molar-refractivity contribution >= 4 is 51.5 Å². The molecule has 0 unspecified atom stereocenters. The SMILES string of the molecule is CC1(C)OB(c2ccc(NS(=O)(=O)c3cccc(Cl)c3Cl)cc2F)OC1(C)C. The van der Waals surface area contributed by atoms with E-state index >= 15 is 0 Å². The molecule has 1 fully saturated rings. The number of sulfonamides is 1. The third-order valence-electron chi connectivity index (χ3n) is 4.97. The summed E-state index contributed by atoms with van der Waals surface area (Å²) < 4.78 is 53.8.